The second-order valence-electron chi connectivity index (χ2n) is 4.18. The molecule has 1 heterocycles. The van der Waals surface area contributed by atoms with Crippen LogP contribution in [-0.2, 0) is 10.3 Å². The van der Waals surface area contributed by atoms with Crippen molar-refractivity contribution in [3.63, 3.8) is 0 Å². The third-order valence-electron chi connectivity index (χ3n) is 2.20. The number of ether oxygens (including phenoxy) is 1. The van der Waals surface area contributed by atoms with Crippen LogP contribution in [0.25, 0.3) is 0 Å². The van der Waals surface area contributed by atoms with Crippen LogP contribution in [-0.4, -0.2) is 36.5 Å². The summed E-state index contributed by atoms with van der Waals surface area (Å²) in [6, 6.07) is 0. The van der Waals surface area contributed by atoms with Gasteiger partial charge in [0.1, 0.15) is 5.01 Å². The normalized spacial score (nSPS) is 12.0. The first-order valence-corrected chi connectivity index (χ1v) is 6.30. The molecule has 0 aliphatic heterocycles. The molecule has 0 spiro atoms. The summed E-state index contributed by atoms with van der Waals surface area (Å²) in [6.45, 7) is 8.06. The zero-order valence-corrected chi connectivity index (χ0v) is 10.9. The van der Waals surface area contributed by atoms with Crippen LogP contribution >= 0.6 is 11.3 Å². The summed E-state index contributed by atoms with van der Waals surface area (Å²) in [5, 5.41) is 15.1. The van der Waals surface area contributed by atoms with Crippen molar-refractivity contribution < 1.29 is 9.84 Å². The molecule has 1 aromatic heterocycles. The highest BCUT2D eigenvalue weighted by Crippen LogP contribution is 2.23. The molecule has 1 rings (SSSR count). The zero-order chi connectivity index (χ0) is 12.0. The molecular weight excluding hydrogens is 224 g/mol. The second-order valence-corrected chi connectivity index (χ2v) is 5.04. The summed E-state index contributed by atoms with van der Waals surface area (Å²) in [6.07, 6.45) is 0. The number of aryl methyl sites for hydroxylation is 1. The number of aliphatic hydroxyl groups excluding tert-OH is 1. The Bertz CT molecular complexity index is 313. The number of nitrogens with zero attached hydrogens (tertiary/aromatic N) is 1. The third-order valence-corrected chi connectivity index (χ3v) is 3.49. The van der Waals surface area contributed by atoms with Gasteiger partial charge < -0.3 is 15.2 Å². The van der Waals surface area contributed by atoms with Crippen LogP contribution in [0, 0.1) is 6.92 Å². The fourth-order valence-corrected chi connectivity index (χ4v) is 2.22. The molecule has 0 aromatic carbocycles. The maximum atomic E-state index is 8.55. The molecule has 0 aliphatic rings. The van der Waals surface area contributed by atoms with Gasteiger partial charge in [-0.15, -0.1) is 11.3 Å². The highest BCUT2D eigenvalue weighted by molar-refractivity contribution is 7.09. The Morgan fingerprint density at radius 3 is 2.81 bits per heavy atom. The second kappa shape index (κ2) is 6.30. The Labute approximate surface area is 101 Å². The van der Waals surface area contributed by atoms with Crippen molar-refractivity contribution >= 4 is 11.3 Å². The number of hydrogen-bond donors (Lipinski definition) is 2. The minimum atomic E-state index is -0.124. The predicted octanol–water partition coefficient (Wildman–Crippen LogP) is 1.29. The maximum Gasteiger partial charge on any atom is 0.112 e. The molecule has 4 nitrogen and oxygen atoms in total. The molecule has 0 saturated heterocycles. The Morgan fingerprint density at radius 1 is 1.50 bits per heavy atom. The van der Waals surface area contributed by atoms with Crippen LogP contribution < -0.4 is 5.32 Å². The Hall–Kier alpha value is -0.490. The number of rotatable bonds is 7. The van der Waals surface area contributed by atoms with Crippen molar-refractivity contribution in [1.82, 2.24) is 10.3 Å². The smallest absolute Gasteiger partial charge is 0.112 e. The van der Waals surface area contributed by atoms with E-state index in [1.165, 1.54) is 0 Å². The third kappa shape index (κ3) is 4.17. The van der Waals surface area contributed by atoms with Crippen molar-refractivity contribution in [2.24, 2.45) is 0 Å². The molecule has 0 amide bonds. The molecule has 92 valence electrons. The summed E-state index contributed by atoms with van der Waals surface area (Å²) in [5.41, 5.74) is 0.938. The van der Waals surface area contributed by atoms with Gasteiger partial charge in [-0.05, 0) is 20.8 Å². The van der Waals surface area contributed by atoms with E-state index in [0.717, 1.165) is 17.2 Å². The molecule has 2 N–H and O–H groups in total. The lowest BCUT2D eigenvalue weighted by atomic mass is 10.1. The lowest BCUT2D eigenvalue weighted by Gasteiger charge is -2.23. The van der Waals surface area contributed by atoms with Crippen LogP contribution in [0.3, 0.4) is 0 Å². The van der Waals surface area contributed by atoms with E-state index in [1.807, 2.05) is 6.92 Å². The van der Waals surface area contributed by atoms with Gasteiger partial charge in [0.2, 0.25) is 0 Å². The van der Waals surface area contributed by atoms with Crippen molar-refractivity contribution in [2.75, 3.05) is 26.4 Å². The van der Waals surface area contributed by atoms with E-state index in [2.05, 4.69) is 29.5 Å². The lowest BCUT2D eigenvalue weighted by molar-refractivity contribution is 0.0903. The number of aromatic nitrogens is 1. The van der Waals surface area contributed by atoms with Gasteiger partial charge in [-0.2, -0.15) is 0 Å². The number of thiazole rings is 1. The summed E-state index contributed by atoms with van der Waals surface area (Å²) in [4.78, 5) is 4.47. The number of nitrogens with one attached hydrogen (secondary N) is 1. The highest BCUT2D eigenvalue weighted by atomic mass is 32.1. The average Bonchev–Trinajstić information content (AvgIpc) is 2.65. The van der Waals surface area contributed by atoms with Gasteiger partial charge in [0.15, 0.2) is 0 Å². The van der Waals surface area contributed by atoms with E-state index < -0.39 is 0 Å². The van der Waals surface area contributed by atoms with E-state index in [4.69, 9.17) is 9.84 Å². The molecule has 5 heteroatoms. The van der Waals surface area contributed by atoms with Crippen LogP contribution in [0.15, 0.2) is 5.38 Å². The Balaban J connectivity index is 2.34. The predicted molar refractivity (Wildman–Crippen MR) is 65.8 cm³/mol. The molecule has 16 heavy (non-hydrogen) atoms. The van der Waals surface area contributed by atoms with E-state index in [9.17, 15) is 0 Å². The molecule has 0 unspecified atom stereocenters. The lowest BCUT2D eigenvalue weighted by Crippen LogP contribution is -2.38. The first kappa shape index (κ1) is 13.6. The first-order valence-electron chi connectivity index (χ1n) is 5.42. The Kier molecular flexibility index (Phi) is 5.34. The number of hydrogen-bond acceptors (Lipinski definition) is 5. The monoisotopic (exact) mass is 244 g/mol. The van der Waals surface area contributed by atoms with Gasteiger partial charge in [-0.1, -0.05) is 0 Å². The molecule has 0 saturated carbocycles. The first-order chi connectivity index (χ1) is 7.56. The van der Waals surface area contributed by atoms with E-state index in [0.29, 0.717) is 13.2 Å². The van der Waals surface area contributed by atoms with Gasteiger partial charge in [-0.3, -0.25) is 0 Å². The SMILES string of the molecule is Cc1csc(C(C)(C)NCCOCCO)n1. The molecule has 0 atom stereocenters. The zero-order valence-electron chi connectivity index (χ0n) is 10.1. The molecule has 0 bridgehead atoms. The summed E-state index contributed by atoms with van der Waals surface area (Å²) in [5.74, 6) is 0. The van der Waals surface area contributed by atoms with E-state index in [1.54, 1.807) is 11.3 Å². The van der Waals surface area contributed by atoms with Crippen molar-refractivity contribution in [2.45, 2.75) is 26.3 Å². The van der Waals surface area contributed by atoms with Crippen LogP contribution in [0.4, 0.5) is 0 Å². The van der Waals surface area contributed by atoms with Gasteiger partial charge in [0.05, 0.1) is 25.4 Å². The van der Waals surface area contributed by atoms with Gasteiger partial charge in [0.25, 0.3) is 0 Å². The highest BCUT2D eigenvalue weighted by Gasteiger charge is 2.22. The standard InChI is InChI=1S/C11H20N2O2S/c1-9-8-16-10(13-9)11(2,3)12-4-6-15-7-5-14/h8,12,14H,4-7H2,1-3H3. The fraction of sp³-hybridized carbons (Fsp3) is 0.727. The molecule has 1 aromatic rings. The minimum absolute atomic E-state index is 0.0784. The van der Waals surface area contributed by atoms with Crippen molar-refractivity contribution in [3.05, 3.63) is 16.1 Å². The van der Waals surface area contributed by atoms with Crippen LogP contribution in [0.5, 0.6) is 0 Å². The van der Waals surface area contributed by atoms with Gasteiger partial charge >= 0.3 is 0 Å². The van der Waals surface area contributed by atoms with Crippen molar-refractivity contribution in [3.8, 4) is 0 Å². The fourth-order valence-electron chi connectivity index (χ4n) is 1.32. The molecular formula is C11H20N2O2S. The minimum Gasteiger partial charge on any atom is -0.394 e. The summed E-state index contributed by atoms with van der Waals surface area (Å²) >= 11 is 1.67. The quantitative estimate of drug-likeness (QED) is 0.710. The maximum absolute atomic E-state index is 8.55. The average molecular weight is 244 g/mol. The Morgan fingerprint density at radius 2 is 2.25 bits per heavy atom. The summed E-state index contributed by atoms with van der Waals surface area (Å²) < 4.78 is 5.19. The summed E-state index contributed by atoms with van der Waals surface area (Å²) in [7, 11) is 0. The topological polar surface area (TPSA) is 54.4 Å². The van der Waals surface area contributed by atoms with Crippen LogP contribution in [0.1, 0.15) is 24.5 Å². The van der Waals surface area contributed by atoms with E-state index in [-0.39, 0.29) is 12.1 Å². The van der Waals surface area contributed by atoms with Crippen molar-refractivity contribution in [1.29, 1.82) is 0 Å². The van der Waals surface area contributed by atoms with Crippen LogP contribution in [0.2, 0.25) is 0 Å². The van der Waals surface area contributed by atoms with Gasteiger partial charge in [-0.25, -0.2) is 4.98 Å². The molecule has 0 fully saturated rings. The molecule has 0 aliphatic carbocycles. The number of aliphatic hydroxyl groups is 1. The van der Waals surface area contributed by atoms with Gasteiger partial charge in [0, 0.05) is 17.6 Å². The molecule has 0 radical (unpaired) electrons. The largest absolute Gasteiger partial charge is 0.394 e. The van der Waals surface area contributed by atoms with E-state index >= 15 is 0 Å².